The Balaban J connectivity index is 3.61. The summed E-state index contributed by atoms with van der Waals surface area (Å²) in [7, 11) is 1.78. The van der Waals surface area contributed by atoms with Crippen LogP contribution in [0.5, 0.6) is 0 Å². The average molecular weight is 202 g/mol. The van der Waals surface area contributed by atoms with Crippen molar-refractivity contribution in [3.8, 4) is 0 Å². The molecule has 0 aliphatic rings. The van der Waals surface area contributed by atoms with E-state index in [2.05, 4.69) is 20.8 Å². The van der Waals surface area contributed by atoms with E-state index in [4.69, 9.17) is 4.74 Å². The molecule has 0 fully saturated rings. The molecule has 0 bridgehead atoms. The molecule has 0 amide bonds. The number of nitrogens with zero attached hydrogens (tertiary/aromatic N) is 1. The Hall–Kier alpha value is -0.0800. The van der Waals surface area contributed by atoms with Crippen LogP contribution in [0, 0.1) is 0 Å². The van der Waals surface area contributed by atoms with Crippen LogP contribution in [0.1, 0.15) is 40.0 Å². The van der Waals surface area contributed by atoms with Crippen LogP contribution in [-0.4, -0.2) is 44.4 Å². The van der Waals surface area contributed by atoms with E-state index in [1.165, 1.54) is 49.9 Å². The van der Waals surface area contributed by atoms with Crippen LogP contribution in [0.15, 0.2) is 0 Å². The van der Waals surface area contributed by atoms with E-state index < -0.39 is 0 Å². The third kappa shape index (κ3) is 4.97. The predicted molar refractivity (Wildman–Crippen MR) is 62.5 cm³/mol. The zero-order valence-electron chi connectivity index (χ0n) is 10.5. The summed E-state index contributed by atoms with van der Waals surface area (Å²) >= 11 is 0. The van der Waals surface area contributed by atoms with Crippen LogP contribution in [0.4, 0.5) is 0 Å². The summed E-state index contributed by atoms with van der Waals surface area (Å²) in [6.07, 6.45) is 3.88. The maximum absolute atomic E-state index is 5.05. The van der Waals surface area contributed by atoms with Crippen molar-refractivity contribution in [1.82, 2.24) is 0 Å². The van der Waals surface area contributed by atoms with Gasteiger partial charge in [-0.05, 0) is 40.0 Å². The van der Waals surface area contributed by atoms with Crippen LogP contribution < -0.4 is 0 Å². The number of ether oxygens (including phenoxy) is 1. The Morgan fingerprint density at radius 1 is 0.857 bits per heavy atom. The molecule has 2 heteroatoms. The monoisotopic (exact) mass is 202 g/mol. The van der Waals surface area contributed by atoms with E-state index in [1.54, 1.807) is 7.11 Å². The molecule has 0 unspecified atom stereocenters. The molecule has 2 nitrogen and oxygen atoms in total. The molecule has 0 spiro atoms. The van der Waals surface area contributed by atoms with Crippen molar-refractivity contribution in [3.05, 3.63) is 0 Å². The molecule has 86 valence electrons. The summed E-state index contributed by atoms with van der Waals surface area (Å²) in [5.41, 5.74) is 0. The lowest BCUT2D eigenvalue weighted by Gasteiger charge is -2.35. The van der Waals surface area contributed by atoms with E-state index in [-0.39, 0.29) is 0 Å². The van der Waals surface area contributed by atoms with Gasteiger partial charge in [0, 0.05) is 13.7 Å². The lowest BCUT2D eigenvalue weighted by molar-refractivity contribution is -0.923. The molecular weight excluding hydrogens is 174 g/mol. The van der Waals surface area contributed by atoms with Crippen molar-refractivity contribution in [1.29, 1.82) is 0 Å². The lowest BCUT2D eigenvalue weighted by atomic mass is 10.2. The second-order valence-electron chi connectivity index (χ2n) is 4.07. The van der Waals surface area contributed by atoms with Gasteiger partial charge in [0.1, 0.15) is 0 Å². The van der Waals surface area contributed by atoms with Gasteiger partial charge in [0.15, 0.2) is 0 Å². The molecule has 0 N–H and O–H groups in total. The zero-order chi connectivity index (χ0) is 10.9. The highest BCUT2D eigenvalue weighted by Gasteiger charge is 2.19. The topological polar surface area (TPSA) is 9.23 Å². The first-order chi connectivity index (χ1) is 6.74. The maximum atomic E-state index is 5.05. The van der Waals surface area contributed by atoms with Crippen molar-refractivity contribution in [2.45, 2.75) is 40.0 Å². The average Bonchev–Trinajstić information content (AvgIpc) is 2.24. The molecule has 0 aromatic heterocycles. The fourth-order valence-corrected chi connectivity index (χ4v) is 2.02. The second-order valence-corrected chi connectivity index (χ2v) is 4.07. The van der Waals surface area contributed by atoms with Gasteiger partial charge >= 0.3 is 0 Å². The number of hydrogen-bond acceptors (Lipinski definition) is 1. The van der Waals surface area contributed by atoms with E-state index in [9.17, 15) is 0 Å². The fourth-order valence-electron chi connectivity index (χ4n) is 2.02. The Bertz CT molecular complexity index is 113. The molecule has 0 saturated carbocycles. The van der Waals surface area contributed by atoms with Gasteiger partial charge in [-0.1, -0.05) is 0 Å². The third-order valence-electron chi connectivity index (χ3n) is 3.49. The van der Waals surface area contributed by atoms with Crippen molar-refractivity contribution in [3.63, 3.8) is 0 Å². The van der Waals surface area contributed by atoms with Crippen LogP contribution >= 0.6 is 0 Å². The first-order valence-electron chi connectivity index (χ1n) is 6.08. The minimum absolute atomic E-state index is 0.921. The van der Waals surface area contributed by atoms with Gasteiger partial charge in [-0.2, -0.15) is 0 Å². The molecule has 0 aromatic carbocycles. The normalized spacial score (nSPS) is 12.0. The minimum atomic E-state index is 0.921. The second kappa shape index (κ2) is 8.25. The van der Waals surface area contributed by atoms with E-state index >= 15 is 0 Å². The van der Waals surface area contributed by atoms with Gasteiger partial charge in [-0.15, -0.1) is 0 Å². The Morgan fingerprint density at radius 2 is 1.43 bits per heavy atom. The molecule has 0 aromatic rings. The SMILES string of the molecule is CC[N+](CC)(CC)CCCCCOC. The first-order valence-corrected chi connectivity index (χ1v) is 6.08. The number of methoxy groups -OCH3 is 1. The van der Waals surface area contributed by atoms with E-state index in [1.807, 2.05) is 0 Å². The van der Waals surface area contributed by atoms with Crippen molar-refractivity contribution in [2.24, 2.45) is 0 Å². The molecule has 0 saturated heterocycles. The zero-order valence-corrected chi connectivity index (χ0v) is 10.5. The molecule has 0 aliphatic carbocycles. The predicted octanol–water partition coefficient (Wildman–Crippen LogP) is 2.68. The molecule has 0 heterocycles. The summed E-state index contributed by atoms with van der Waals surface area (Å²) in [5, 5.41) is 0. The molecule has 14 heavy (non-hydrogen) atoms. The van der Waals surface area contributed by atoms with Crippen LogP contribution in [0.2, 0.25) is 0 Å². The summed E-state index contributed by atoms with van der Waals surface area (Å²) in [4.78, 5) is 0. The highest BCUT2D eigenvalue weighted by atomic mass is 16.5. The van der Waals surface area contributed by atoms with Crippen LogP contribution in [0.25, 0.3) is 0 Å². The van der Waals surface area contributed by atoms with Crippen molar-refractivity contribution < 1.29 is 9.22 Å². The van der Waals surface area contributed by atoms with Crippen molar-refractivity contribution in [2.75, 3.05) is 39.9 Å². The van der Waals surface area contributed by atoms with Gasteiger partial charge in [-0.25, -0.2) is 0 Å². The fraction of sp³-hybridized carbons (Fsp3) is 1.00. The highest BCUT2D eigenvalue weighted by molar-refractivity contribution is 4.43. The first kappa shape index (κ1) is 13.9. The largest absolute Gasteiger partial charge is 0.385 e. The molecule has 0 radical (unpaired) electrons. The summed E-state index contributed by atoms with van der Waals surface area (Å²) in [6.45, 7) is 13.0. The number of hydrogen-bond donors (Lipinski definition) is 0. The van der Waals surface area contributed by atoms with E-state index in [0.717, 1.165) is 6.61 Å². The summed E-state index contributed by atoms with van der Waals surface area (Å²) in [5.74, 6) is 0. The highest BCUT2D eigenvalue weighted by Crippen LogP contribution is 2.09. The lowest BCUT2D eigenvalue weighted by Crippen LogP contribution is -2.48. The molecular formula is C12H28NO+. The van der Waals surface area contributed by atoms with Gasteiger partial charge < -0.3 is 9.22 Å². The van der Waals surface area contributed by atoms with Crippen LogP contribution in [0.3, 0.4) is 0 Å². The number of quaternary nitrogens is 1. The number of rotatable bonds is 9. The minimum Gasteiger partial charge on any atom is -0.385 e. The molecule has 0 atom stereocenters. The van der Waals surface area contributed by atoms with Gasteiger partial charge in [0.25, 0.3) is 0 Å². The van der Waals surface area contributed by atoms with Gasteiger partial charge in [0.05, 0.1) is 26.2 Å². The standard InChI is InChI=1S/C12H28NO/c1-5-13(6-2,7-3)11-9-8-10-12-14-4/h5-12H2,1-4H3/q+1. The van der Waals surface area contributed by atoms with E-state index in [0.29, 0.717) is 0 Å². The summed E-state index contributed by atoms with van der Waals surface area (Å²) in [6, 6.07) is 0. The van der Waals surface area contributed by atoms with Gasteiger partial charge in [0.2, 0.25) is 0 Å². The number of unbranched alkanes of at least 4 members (excludes halogenated alkanes) is 2. The quantitative estimate of drug-likeness (QED) is 0.412. The molecule has 0 aliphatic heterocycles. The Kier molecular flexibility index (Phi) is 8.20. The maximum Gasteiger partial charge on any atom is 0.0786 e. The third-order valence-corrected chi connectivity index (χ3v) is 3.49. The summed E-state index contributed by atoms with van der Waals surface area (Å²) < 4.78 is 6.33. The van der Waals surface area contributed by atoms with Gasteiger partial charge in [-0.3, -0.25) is 0 Å². The van der Waals surface area contributed by atoms with Crippen LogP contribution in [-0.2, 0) is 4.74 Å². The van der Waals surface area contributed by atoms with Crippen molar-refractivity contribution >= 4 is 0 Å². The Labute approximate surface area is 89.8 Å². The smallest absolute Gasteiger partial charge is 0.0786 e. The molecule has 0 rings (SSSR count). The Morgan fingerprint density at radius 3 is 1.86 bits per heavy atom.